The van der Waals surface area contributed by atoms with Gasteiger partial charge in [0.05, 0.1) is 0 Å². The smallest absolute Gasteiger partial charge is 0.0367 e. The molecule has 1 heteroatoms. The Bertz CT molecular complexity index is 255. The fraction of sp³-hybridized carbons (Fsp3) is 0.571. The van der Waals surface area contributed by atoms with E-state index in [9.17, 15) is 0 Å². The Labute approximate surface area is 98.7 Å². The molecule has 0 spiro atoms. The molecule has 1 rings (SSSR count). The van der Waals surface area contributed by atoms with Crippen LogP contribution >= 0.6 is 11.6 Å². The first kappa shape index (κ1) is 12.6. The molecule has 15 heavy (non-hydrogen) atoms. The van der Waals surface area contributed by atoms with Gasteiger partial charge in [0.1, 0.15) is 0 Å². The number of hydrogen-bond donors (Lipinski definition) is 0. The number of benzene rings is 1. The lowest BCUT2D eigenvalue weighted by Gasteiger charge is -2.20. The lowest BCUT2D eigenvalue weighted by Crippen LogP contribution is -2.16. The monoisotopic (exact) mass is 224 g/mol. The maximum Gasteiger partial charge on any atom is 0.0367 e. The zero-order valence-corrected chi connectivity index (χ0v) is 10.5. The Kier molecular flexibility index (Phi) is 5.78. The van der Waals surface area contributed by atoms with Gasteiger partial charge in [-0.2, -0.15) is 0 Å². The first-order valence-electron chi connectivity index (χ1n) is 5.95. The molecule has 0 saturated heterocycles. The van der Waals surface area contributed by atoms with Crippen molar-refractivity contribution in [2.45, 2.75) is 44.9 Å². The highest BCUT2D eigenvalue weighted by Gasteiger charge is 2.16. The SMILES string of the molecule is CCCC(Cl)C(CC)Cc1ccccc1. The summed E-state index contributed by atoms with van der Waals surface area (Å²) in [5, 5.41) is 0.334. The molecule has 1 aromatic carbocycles. The number of rotatable bonds is 6. The van der Waals surface area contributed by atoms with Gasteiger partial charge in [-0.25, -0.2) is 0 Å². The van der Waals surface area contributed by atoms with E-state index >= 15 is 0 Å². The van der Waals surface area contributed by atoms with Crippen LogP contribution in [0.25, 0.3) is 0 Å². The van der Waals surface area contributed by atoms with Crippen molar-refractivity contribution < 1.29 is 0 Å². The van der Waals surface area contributed by atoms with Gasteiger partial charge in [0, 0.05) is 5.38 Å². The molecule has 0 aliphatic heterocycles. The average molecular weight is 225 g/mol. The van der Waals surface area contributed by atoms with Crippen molar-refractivity contribution in [3.63, 3.8) is 0 Å². The predicted molar refractivity (Wildman–Crippen MR) is 68.5 cm³/mol. The van der Waals surface area contributed by atoms with Crippen LogP contribution in [-0.4, -0.2) is 5.38 Å². The van der Waals surface area contributed by atoms with Crippen LogP contribution in [0.2, 0.25) is 0 Å². The molecule has 0 aliphatic rings. The van der Waals surface area contributed by atoms with Crippen molar-refractivity contribution in [3.8, 4) is 0 Å². The van der Waals surface area contributed by atoms with Gasteiger partial charge in [0.15, 0.2) is 0 Å². The van der Waals surface area contributed by atoms with Crippen LogP contribution in [0.1, 0.15) is 38.7 Å². The summed E-state index contributed by atoms with van der Waals surface area (Å²) >= 11 is 6.40. The minimum atomic E-state index is 0.334. The van der Waals surface area contributed by atoms with Crippen LogP contribution in [0.15, 0.2) is 30.3 Å². The topological polar surface area (TPSA) is 0 Å². The summed E-state index contributed by atoms with van der Waals surface area (Å²) in [6.45, 7) is 4.43. The van der Waals surface area contributed by atoms with Gasteiger partial charge in [-0.05, 0) is 24.3 Å². The summed E-state index contributed by atoms with van der Waals surface area (Å²) < 4.78 is 0. The fourth-order valence-corrected chi connectivity index (χ4v) is 2.44. The summed E-state index contributed by atoms with van der Waals surface area (Å²) in [5.41, 5.74) is 1.41. The highest BCUT2D eigenvalue weighted by atomic mass is 35.5. The molecule has 0 amide bonds. The molecular weight excluding hydrogens is 204 g/mol. The highest BCUT2D eigenvalue weighted by molar-refractivity contribution is 6.20. The molecule has 0 radical (unpaired) electrons. The van der Waals surface area contributed by atoms with E-state index in [0.29, 0.717) is 11.3 Å². The lowest BCUT2D eigenvalue weighted by molar-refractivity contribution is 0.457. The van der Waals surface area contributed by atoms with Gasteiger partial charge in [-0.1, -0.05) is 57.0 Å². The van der Waals surface area contributed by atoms with Crippen LogP contribution in [0.5, 0.6) is 0 Å². The van der Waals surface area contributed by atoms with Crippen molar-refractivity contribution in [2.75, 3.05) is 0 Å². The second-order valence-corrected chi connectivity index (χ2v) is 4.72. The Morgan fingerprint density at radius 2 is 1.80 bits per heavy atom. The van der Waals surface area contributed by atoms with Crippen LogP contribution in [-0.2, 0) is 6.42 Å². The summed E-state index contributed by atoms with van der Waals surface area (Å²) in [5.74, 6) is 0.619. The van der Waals surface area contributed by atoms with Gasteiger partial charge in [0.2, 0.25) is 0 Å². The number of alkyl halides is 1. The van der Waals surface area contributed by atoms with Crippen LogP contribution < -0.4 is 0 Å². The first-order valence-corrected chi connectivity index (χ1v) is 6.39. The molecule has 1 aromatic rings. The molecule has 0 saturated carbocycles. The van der Waals surface area contributed by atoms with Gasteiger partial charge in [0.25, 0.3) is 0 Å². The van der Waals surface area contributed by atoms with E-state index in [2.05, 4.69) is 44.2 Å². The minimum Gasteiger partial charge on any atom is -0.123 e. The van der Waals surface area contributed by atoms with Gasteiger partial charge in [-0.3, -0.25) is 0 Å². The Balaban J connectivity index is 2.53. The number of halogens is 1. The average Bonchev–Trinajstić information content (AvgIpc) is 2.27. The normalized spacial score (nSPS) is 14.9. The molecule has 0 nitrogen and oxygen atoms in total. The lowest BCUT2D eigenvalue weighted by atomic mass is 9.91. The first-order chi connectivity index (χ1) is 7.27. The molecule has 0 fully saturated rings. The quantitative estimate of drug-likeness (QED) is 0.617. The van der Waals surface area contributed by atoms with Gasteiger partial charge >= 0.3 is 0 Å². The molecule has 0 N–H and O–H groups in total. The number of hydrogen-bond acceptors (Lipinski definition) is 0. The van der Waals surface area contributed by atoms with Crippen LogP contribution in [0, 0.1) is 5.92 Å². The summed E-state index contributed by atoms with van der Waals surface area (Å²) in [4.78, 5) is 0. The highest BCUT2D eigenvalue weighted by Crippen LogP contribution is 2.23. The molecule has 84 valence electrons. The molecule has 2 atom stereocenters. The largest absolute Gasteiger partial charge is 0.123 e. The van der Waals surface area contributed by atoms with E-state index in [1.165, 1.54) is 18.4 Å². The maximum atomic E-state index is 6.40. The van der Waals surface area contributed by atoms with E-state index in [1.807, 2.05) is 0 Å². The maximum absolute atomic E-state index is 6.40. The van der Waals surface area contributed by atoms with Crippen LogP contribution in [0.4, 0.5) is 0 Å². The van der Waals surface area contributed by atoms with E-state index in [-0.39, 0.29) is 0 Å². The van der Waals surface area contributed by atoms with Crippen molar-refractivity contribution >= 4 is 11.6 Å². The molecule has 0 aromatic heterocycles. The zero-order chi connectivity index (χ0) is 11.1. The van der Waals surface area contributed by atoms with Crippen molar-refractivity contribution in [3.05, 3.63) is 35.9 Å². The third kappa shape index (κ3) is 4.25. The third-order valence-electron chi connectivity index (χ3n) is 2.94. The molecular formula is C14H21Cl. The Hall–Kier alpha value is -0.490. The molecule has 0 heterocycles. The molecule has 0 bridgehead atoms. The van der Waals surface area contributed by atoms with Crippen molar-refractivity contribution in [2.24, 2.45) is 5.92 Å². The molecule has 0 aliphatic carbocycles. The second-order valence-electron chi connectivity index (χ2n) is 4.16. The standard InChI is InChI=1S/C14H21Cl/c1-3-8-14(15)13(4-2)11-12-9-6-5-7-10-12/h5-7,9-10,13-14H,3-4,8,11H2,1-2H3. The van der Waals surface area contributed by atoms with E-state index in [1.54, 1.807) is 0 Å². The fourth-order valence-electron chi connectivity index (χ4n) is 1.96. The van der Waals surface area contributed by atoms with Gasteiger partial charge < -0.3 is 0 Å². The van der Waals surface area contributed by atoms with E-state index in [0.717, 1.165) is 12.8 Å². The third-order valence-corrected chi connectivity index (χ3v) is 3.52. The summed E-state index contributed by atoms with van der Waals surface area (Å²) in [6, 6.07) is 10.7. The Morgan fingerprint density at radius 3 is 2.33 bits per heavy atom. The second kappa shape index (κ2) is 6.90. The minimum absolute atomic E-state index is 0.334. The van der Waals surface area contributed by atoms with Crippen molar-refractivity contribution in [1.29, 1.82) is 0 Å². The van der Waals surface area contributed by atoms with Gasteiger partial charge in [-0.15, -0.1) is 11.6 Å². The summed E-state index contributed by atoms with van der Waals surface area (Å²) in [6.07, 6.45) is 4.60. The predicted octanol–water partition coefficient (Wildman–Crippen LogP) is 4.66. The van der Waals surface area contributed by atoms with Crippen molar-refractivity contribution in [1.82, 2.24) is 0 Å². The van der Waals surface area contributed by atoms with E-state index in [4.69, 9.17) is 11.6 Å². The Morgan fingerprint density at radius 1 is 1.13 bits per heavy atom. The van der Waals surface area contributed by atoms with E-state index < -0.39 is 0 Å². The summed E-state index contributed by atoms with van der Waals surface area (Å²) in [7, 11) is 0. The molecule has 2 unspecified atom stereocenters. The van der Waals surface area contributed by atoms with Crippen LogP contribution in [0.3, 0.4) is 0 Å². The zero-order valence-electron chi connectivity index (χ0n) is 9.75.